The molecule has 0 unspecified atom stereocenters. The van der Waals surface area contributed by atoms with Crippen molar-refractivity contribution < 1.29 is 0 Å². The van der Waals surface area contributed by atoms with E-state index in [-0.39, 0.29) is 0 Å². The highest BCUT2D eigenvalue weighted by Crippen LogP contribution is 2.31. The number of hydrogen-bond donors (Lipinski definition) is 0. The van der Waals surface area contributed by atoms with Crippen LogP contribution in [0.3, 0.4) is 0 Å². The minimum absolute atomic E-state index is 0.483. The van der Waals surface area contributed by atoms with Crippen molar-refractivity contribution >= 4 is 10.9 Å². The van der Waals surface area contributed by atoms with E-state index in [1.165, 1.54) is 22.2 Å². The average Bonchev–Trinajstić information content (AvgIpc) is 2.27. The molecule has 0 radical (unpaired) electrons. The molecular formula is C16H21N. The van der Waals surface area contributed by atoms with Crippen molar-refractivity contribution in [3.8, 4) is 0 Å². The van der Waals surface area contributed by atoms with Crippen LogP contribution in [0.5, 0.6) is 0 Å². The second-order valence-electron chi connectivity index (χ2n) is 5.36. The molecule has 2 aromatic rings. The molecule has 0 fully saturated rings. The number of rotatable bonds is 2. The molecule has 0 N–H and O–H groups in total. The molecule has 1 aromatic carbocycles. The summed E-state index contributed by atoms with van der Waals surface area (Å²) < 4.78 is 0. The summed E-state index contributed by atoms with van der Waals surface area (Å²) in [5, 5.41) is 1.31. The van der Waals surface area contributed by atoms with Crippen LogP contribution >= 0.6 is 0 Å². The number of benzene rings is 1. The third-order valence-electron chi connectivity index (χ3n) is 3.35. The minimum Gasteiger partial charge on any atom is -0.252 e. The van der Waals surface area contributed by atoms with E-state index in [1.807, 2.05) is 0 Å². The van der Waals surface area contributed by atoms with Gasteiger partial charge in [0.2, 0.25) is 0 Å². The van der Waals surface area contributed by atoms with Gasteiger partial charge in [-0.1, -0.05) is 45.9 Å². The standard InChI is InChI=1S/C16H21N/c1-10(2)15-12(5)16(11(3)4)17-14-9-7-6-8-13(14)15/h6-11H,1-5H3. The van der Waals surface area contributed by atoms with Crippen LogP contribution in [0.4, 0.5) is 0 Å². The van der Waals surface area contributed by atoms with Gasteiger partial charge in [-0.25, -0.2) is 0 Å². The van der Waals surface area contributed by atoms with Gasteiger partial charge in [-0.15, -0.1) is 0 Å². The Bertz CT molecular complexity index is 538. The van der Waals surface area contributed by atoms with Crippen molar-refractivity contribution in [1.29, 1.82) is 0 Å². The molecule has 90 valence electrons. The molecule has 0 bridgehead atoms. The molecule has 0 spiro atoms. The third kappa shape index (κ3) is 2.06. The van der Waals surface area contributed by atoms with Crippen molar-refractivity contribution in [1.82, 2.24) is 4.98 Å². The Morgan fingerprint density at radius 3 is 2.18 bits per heavy atom. The topological polar surface area (TPSA) is 12.9 Å². The summed E-state index contributed by atoms with van der Waals surface area (Å²) in [6.07, 6.45) is 0. The Morgan fingerprint density at radius 2 is 1.59 bits per heavy atom. The van der Waals surface area contributed by atoms with Crippen molar-refractivity contribution in [3.05, 3.63) is 41.1 Å². The maximum Gasteiger partial charge on any atom is 0.0708 e. The Labute approximate surface area is 104 Å². The molecule has 0 aliphatic carbocycles. The summed E-state index contributed by atoms with van der Waals surface area (Å²) in [4.78, 5) is 4.82. The number of pyridine rings is 1. The molecular weight excluding hydrogens is 206 g/mol. The van der Waals surface area contributed by atoms with E-state index in [0.29, 0.717) is 11.8 Å². The van der Waals surface area contributed by atoms with E-state index < -0.39 is 0 Å². The highest BCUT2D eigenvalue weighted by Gasteiger charge is 2.15. The Morgan fingerprint density at radius 1 is 0.941 bits per heavy atom. The van der Waals surface area contributed by atoms with Crippen molar-refractivity contribution in [3.63, 3.8) is 0 Å². The van der Waals surface area contributed by atoms with Gasteiger partial charge in [0, 0.05) is 11.1 Å². The Kier molecular flexibility index (Phi) is 3.19. The van der Waals surface area contributed by atoms with Crippen LogP contribution in [-0.4, -0.2) is 4.98 Å². The van der Waals surface area contributed by atoms with Gasteiger partial charge in [-0.05, 0) is 36.0 Å². The lowest BCUT2D eigenvalue weighted by Crippen LogP contribution is -2.04. The fraction of sp³-hybridized carbons (Fsp3) is 0.438. The minimum atomic E-state index is 0.483. The zero-order valence-corrected chi connectivity index (χ0v) is 11.4. The number of hydrogen-bond acceptors (Lipinski definition) is 1. The summed E-state index contributed by atoms with van der Waals surface area (Å²) in [5.41, 5.74) is 5.20. The quantitative estimate of drug-likeness (QED) is 0.718. The van der Waals surface area contributed by atoms with E-state index in [2.05, 4.69) is 58.9 Å². The van der Waals surface area contributed by atoms with Crippen LogP contribution in [0.25, 0.3) is 10.9 Å². The second kappa shape index (κ2) is 4.48. The summed E-state index contributed by atoms with van der Waals surface area (Å²) in [6, 6.07) is 8.48. The summed E-state index contributed by atoms with van der Waals surface area (Å²) in [6.45, 7) is 11.2. The molecule has 2 rings (SSSR count). The van der Waals surface area contributed by atoms with Crippen LogP contribution in [0, 0.1) is 6.92 Å². The van der Waals surface area contributed by atoms with E-state index in [1.54, 1.807) is 0 Å². The molecule has 1 heterocycles. The highest BCUT2D eigenvalue weighted by molar-refractivity contribution is 5.84. The van der Waals surface area contributed by atoms with Gasteiger partial charge in [-0.2, -0.15) is 0 Å². The summed E-state index contributed by atoms with van der Waals surface area (Å²) >= 11 is 0. The smallest absolute Gasteiger partial charge is 0.0708 e. The maximum absolute atomic E-state index is 4.82. The Balaban J connectivity index is 2.85. The predicted octanol–water partition coefficient (Wildman–Crippen LogP) is 4.79. The van der Waals surface area contributed by atoms with E-state index in [0.717, 1.165) is 5.52 Å². The third-order valence-corrected chi connectivity index (χ3v) is 3.35. The highest BCUT2D eigenvalue weighted by atomic mass is 14.7. The van der Waals surface area contributed by atoms with Gasteiger partial charge in [0.15, 0.2) is 0 Å². The summed E-state index contributed by atoms with van der Waals surface area (Å²) in [7, 11) is 0. The first-order valence-electron chi connectivity index (χ1n) is 6.41. The lowest BCUT2D eigenvalue weighted by atomic mass is 9.90. The van der Waals surface area contributed by atoms with Crippen molar-refractivity contribution in [2.75, 3.05) is 0 Å². The number of para-hydroxylation sites is 1. The number of aromatic nitrogens is 1. The maximum atomic E-state index is 4.82. The van der Waals surface area contributed by atoms with Crippen LogP contribution in [0.1, 0.15) is 56.4 Å². The molecule has 0 aliphatic rings. The first-order chi connectivity index (χ1) is 8.02. The van der Waals surface area contributed by atoms with Gasteiger partial charge in [0.25, 0.3) is 0 Å². The first kappa shape index (κ1) is 12.1. The van der Waals surface area contributed by atoms with Gasteiger partial charge < -0.3 is 0 Å². The van der Waals surface area contributed by atoms with Gasteiger partial charge in [0.1, 0.15) is 0 Å². The number of nitrogens with zero attached hydrogens (tertiary/aromatic N) is 1. The first-order valence-corrected chi connectivity index (χ1v) is 6.41. The molecule has 0 aliphatic heterocycles. The van der Waals surface area contributed by atoms with Crippen LogP contribution in [0.15, 0.2) is 24.3 Å². The lowest BCUT2D eigenvalue weighted by molar-refractivity contribution is 0.795. The molecule has 17 heavy (non-hydrogen) atoms. The zero-order valence-electron chi connectivity index (χ0n) is 11.4. The molecule has 1 aromatic heterocycles. The predicted molar refractivity (Wildman–Crippen MR) is 74.7 cm³/mol. The molecule has 0 saturated carbocycles. The fourth-order valence-electron chi connectivity index (χ4n) is 2.66. The van der Waals surface area contributed by atoms with E-state index in [4.69, 9.17) is 4.98 Å². The van der Waals surface area contributed by atoms with Crippen LogP contribution in [-0.2, 0) is 0 Å². The van der Waals surface area contributed by atoms with Gasteiger partial charge in [0.05, 0.1) is 5.52 Å². The lowest BCUT2D eigenvalue weighted by Gasteiger charge is -2.18. The largest absolute Gasteiger partial charge is 0.252 e. The second-order valence-corrected chi connectivity index (χ2v) is 5.36. The monoisotopic (exact) mass is 227 g/mol. The molecule has 1 heteroatoms. The fourth-order valence-corrected chi connectivity index (χ4v) is 2.66. The summed E-state index contributed by atoms with van der Waals surface area (Å²) in [5.74, 6) is 1.03. The van der Waals surface area contributed by atoms with Crippen molar-refractivity contribution in [2.24, 2.45) is 0 Å². The zero-order chi connectivity index (χ0) is 12.6. The van der Waals surface area contributed by atoms with Crippen molar-refractivity contribution in [2.45, 2.75) is 46.5 Å². The Hall–Kier alpha value is -1.37. The van der Waals surface area contributed by atoms with E-state index in [9.17, 15) is 0 Å². The molecule has 0 atom stereocenters. The molecule has 0 saturated heterocycles. The molecule has 0 amide bonds. The molecule has 1 nitrogen and oxygen atoms in total. The van der Waals surface area contributed by atoms with Gasteiger partial charge in [-0.3, -0.25) is 4.98 Å². The van der Waals surface area contributed by atoms with Crippen LogP contribution in [0.2, 0.25) is 0 Å². The normalized spacial score (nSPS) is 11.7. The van der Waals surface area contributed by atoms with E-state index >= 15 is 0 Å². The average molecular weight is 227 g/mol. The SMILES string of the molecule is Cc1c(C(C)C)nc2ccccc2c1C(C)C. The number of fused-ring (bicyclic) bond motifs is 1. The van der Waals surface area contributed by atoms with Gasteiger partial charge >= 0.3 is 0 Å². The van der Waals surface area contributed by atoms with Crippen LogP contribution < -0.4 is 0 Å².